The Morgan fingerprint density at radius 1 is 1.33 bits per heavy atom. The molecule has 0 radical (unpaired) electrons. The van der Waals surface area contributed by atoms with Gasteiger partial charge in [-0.2, -0.15) is 0 Å². The molecule has 3 atom stereocenters. The van der Waals surface area contributed by atoms with Crippen molar-refractivity contribution in [2.45, 2.75) is 26.1 Å². The molecular weight excluding hydrogens is 196 g/mol. The van der Waals surface area contributed by atoms with Crippen molar-refractivity contribution in [2.24, 2.45) is 5.92 Å². The van der Waals surface area contributed by atoms with Crippen LogP contribution in [0.15, 0.2) is 12.7 Å². The molecule has 0 heterocycles. The molecule has 90 valence electrons. The number of hydrogen-bond acceptors (Lipinski definition) is 4. The van der Waals surface area contributed by atoms with Crippen molar-refractivity contribution in [3.63, 3.8) is 0 Å². The van der Waals surface area contributed by atoms with E-state index < -0.39 is 6.10 Å². The molecule has 0 aromatic heterocycles. The molecule has 1 N–H and O–H groups in total. The second-order valence-corrected chi connectivity index (χ2v) is 3.48. The maximum Gasteiger partial charge on any atom is 0.147 e. The van der Waals surface area contributed by atoms with Gasteiger partial charge in [0.2, 0.25) is 0 Å². The van der Waals surface area contributed by atoms with Crippen molar-refractivity contribution in [1.29, 1.82) is 0 Å². The highest BCUT2D eigenvalue weighted by Crippen LogP contribution is 2.10. The van der Waals surface area contributed by atoms with E-state index in [2.05, 4.69) is 6.58 Å². The van der Waals surface area contributed by atoms with Gasteiger partial charge >= 0.3 is 0 Å². The van der Waals surface area contributed by atoms with E-state index >= 15 is 0 Å². The zero-order valence-corrected chi connectivity index (χ0v) is 9.81. The topological polar surface area (TPSA) is 47.9 Å². The number of ether oxygens (including phenoxy) is 3. The summed E-state index contributed by atoms with van der Waals surface area (Å²) >= 11 is 0. The second kappa shape index (κ2) is 8.85. The summed E-state index contributed by atoms with van der Waals surface area (Å²) in [4.78, 5) is 0. The third kappa shape index (κ3) is 6.62. The Morgan fingerprint density at radius 2 is 2.00 bits per heavy atom. The summed E-state index contributed by atoms with van der Waals surface area (Å²) in [7, 11) is 1.61. The molecule has 0 aromatic rings. The van der Waals surface area contributed by atoms with Crippen LogP contribution in [0.1, 0.15) is 13.8 Å². The first-order valence-electron chi connectivity index (χ1n) is 5.12. The Bertz CT molecular complexity index is 161. The van der Waals surface area contributed by atoms with Crippen molar-refractivity contribution in [2.75, 3.05) is 27.1 Å². The summed E-state index contributed by atoms with van der Waals surface area (Å²) in [6.07, 6.45) is 0.894. The standard InChI is InChI=1S/C11H22O4/c1-5-9(2)11(12)10(3)15-8-14-7-6-13-4/h5,9-12H,1,6-8H2,2-4H3/t9-,10+,11+/m0/s1. The molecule has 15 heavy (non-hydrogen) atoms. The van der Waals surface area contributed by atoms with Crippen LogP contribution in [0.4, 0.5) is 0 Å². The SMILES string of the molecule is C=C[C@H](C)[C@@H](O)[C@@H](C)OCOCCOC. The van der Waals surface area contributed by atoms with Crippen LogP contribution in [0.25, 0.3) is 0 Å². The van der Waals surface area contributed by atoms with Gasteiger partial charge in [0.15, 0.2) is 0 Å². The fourth-order valence-corrected chi connectivity index (χ4v) is 1.02. The monoisotopic (exact) mass is 218 g/mol. The minimum atomic E-state index is -0.548. The number of hydrogen-bond donors (Lipinski definition) is 1. The molecule has 0 amide bonds. The van der Waals surface area contributed by atoms with E-state index in [1.165, 1.54) is 0 Å². The van der Waals surface area contributed by atoms with E-state index in [1.54, 1.807) is 13.2 Å². The van der Waals surface area contributed by atoms with Gasteiger partial charge in [0.05, 0.1) is 25.4 Å². The lowest BCUT2D eigenvalue weighted by Gasteiger charge is -2.22. The van der Waals surface area contributed by atoms with E-state index in [0.29, 0.717) is 13.2 Å². The second-order valence-electron chi connectivity index (χ2n) is 3.48. The number of aliphatic hydroxyl groups is 1. The highest BCUT2D eigenvalue weighted by atomic mass is 16.7. The molecule has 0 aromatic carbocycles. The van der Waals surface area contributed by atoms with E-state index in [0.717, 1.165) is 0 Å². The van der Waals surface area contributed by atoms with Gasteiger partial charge < -0.3 is 19.3 Å². The quantitative estimate of drug-likeness (QED) is 0.359. The summed E-state index contributed by atoms with van der Waals surface area (Å²) in [5, 5.41) is 9.71. The van der Waals surface area contributed by atoms with Gasteiger partial charge in [-0.25, -0.2) is 0 Å². The molecule has 0 rings (SSSR count). The fraction of sp³-hybridized carbons (Fsp3) is 0.818. The zero-order chi connectivity index (χ0) is 11.7. The minimum Gasteiger partial charge on any atom is -0.390 e. The molecule has 0 saturated heterocycles. The van der Waals surface area contributed by atoms with Crippen LogP contribution in [0.2, 0.25) is 0 Å². The van der Waals surface area contributed by atoms with Gasteiger partial charge in [0, 0.05) is 13.0 Å². The maximum absolute atomic E-state index is 9.71. The Balaban J connectivity index is 3.55. The zero-order valence-electron chi connectivity index (χ0n) is 9.81. The Labute approximate surface area is 91.8 Å². The van der Waals surface area contributed by atoms with Crippen LogP contribution in [-0.2, 0) is 14.2 Å². The van der Waals surface area contributed by atoms with Gasteiger partial charge in [0.1, 0.15) is 6.79 Å². The van der Waals surface area contributed by atoms with Crippen LogP contribution >= 0.6 is 0 Å². The molecule has 4 nitrogen and oxygen atoms in total. The molecule has 4 heteroatoms. The summed E-state index contributed by atoms with van der Waals surface area (Å²) < 4.78 is 15.2. The molecule has 0 aliphatic heterocycles. The Kier molecular flexibility index (Phi) is 8.61. The van der Waals surface area contributed by atoms with Crippen molar-refractivity contribution in [3.8, 4) is 0 Å². The van der Waals surface area contributed by atoms with Crippen molar-refractivity contribution in [1.82, 2.24) is 0 Å². The first-order chi connectivity index (χ1) is 7.13. The smallest absolute Gasteiger partial charge is 0.147 e. The average Bonchev–Trinajstić information content (AvgIpc) is 2.26. The van der Waals surface area contributed by atoms with Crippen LogP contribution in [0.3, 0.4) is 0 Å². The highest BCUT2D eigenvalue weighted by Gasteiger charge is 2.19. The van der Waals surface area contributed by atoms with Crippen molar-refractivity contribution in [3.05, 3.63) is 12.7 Å². The number of aliphatic hydroxyl groups excluding tert-OH is 1. The van der Waals surface area contributed by atoms with Gasteiger partial charge in [-0.1, -0.05) is 13.0 Å². The highest BCUT2D eigenvalue weighted by molar-refractivity contribution is 4.83. The van der Waals surface area contributed by atoms with E-state index in [4.69, 9.17) is 14.2 Å². The molecular formula is C11H22O4. The third-order valence-corrected chi connectivity index (χ3v) is 2.24. The Hall–Kier alpha value is -0.420. The molecule has 0 unspecified atom stereocenters. The van der Waals surface area contributed by atoms with E-state index in [1.807, 2.05) is 13.8 Å². The van der Waals surface area contributed by atoms with Crippen molar-refractivity contribution >= 4 is 0 Å². The number of rotatable bonds is 9. The largest absolute Gasteiger partial charge is 0.390 e. The fourth-order valence-electron chi connectivity index (χ4n) is 1.02. The summed E-state index contributed by atoms with van der Waals surface area (Å²) in [5.74, 6) is 0.0129. The molecule has 0 bridgehead atoms. The number of methoxy groups -OCH3 is 1. The molecule has 0 fully saturated rings. The molecule has 0 aliphatic carbocycles. The van der Waals surface area contributed by atoms with Gasteiger partial charge in [-0.15, -0.1) is 6.58 Å². The lowest BCUT2D eigenvalue weighted by molar-refractivity contribution is -0.128. The lowest BCUT2D eigenvalue weighted by atomic mass is 10.0. The minimum absolute atomic E-state index is 0.0129. The average molecular weight is 218 g/mol. The maximum atomic E-state index is 9.71. The predicted octanol–water partition coefficient (Wildman–Crippen LogP) is 1.19. The van der Waals surface area contributed by atoms with Crippen LogP contribution in [0.5, 0.6) is 0 Å². The van der Waals surface area contributed by atoms with Gasteiger partial charge in [0.25, 0.3) is 0 Å². The Morgan fingerprint density at radius 3 is 2.53 bits per heavy atom. The van der Waals surface area contributed by atoms with Gasteiger partial charge in [-0.05, 0) is 6.92 Å². The normalized spacial score (nSPS) is 17.1. The molecule has 0 saturated carbocycles. The summed E-state index contributed by atoms with van der Waals surface area (Å²) in [5.41, 5.74) is 0. The predicted molar refractivity (Wildman–Crippen MR) is 58.6 cm³/mol. The van der Waals surface area contributed by atoms with E-state index in [9.17, 15) is 5.11 Å². The van der Waals surface area contributed by atoms with Crippen LogP contribution in [-0.4, -0.2) is 44.4 Å². The van der Waals surface area contributed by atoms with E-state index in [-0.39, 0.29) is 18.8 Å². The molecule has 0 spiro atoms. The van der Waals surface area contributed by atoms with Crippen molar-refractivity contribution < 1.29 is 19.3 Å². The van der Waals surface area contributed by atoms with Gasteiger partial charge in [-0.3, -0.25) is 0 Å². The van der Waals surface area contributed by atoms with Crippen LogP contribution < -0.4 is 0 Å². The summed E-state index contributed by atoms with van der Waals surface area (Å²) in [6.45, 7) is 8.54. The summed E-state index contributed by atoms with van der Waals surface area (Å²) in [6, 6.07) is 0. The first kappa shape index (κ1) is 14.6. The van der Waals surface area contributed by atoms with Crippen LogP contribution in [0, 0.1) is 5.92 Å². The lowest BCUT2D eigenvalue weighted by Crippen LogP contribution is -2.31. The molecule has 0 aliphatic rings. The first-order valence-corrected chi connectivity index (χ1v) is 5.12. The third-order valence-electron chi connectivity index (χ3n) is 2.24.